The lowest BCUT2D eigenvalue weighted by atomic mass is 10.0. The molecular formula is C14H20FN5. The molecule has 3 N–H and O–H groups in total. The van der Waals surface area contributed by atoms with Crippen molar-refractivity contribution >= 4 is 0 Å². The van der Waals surface area contributed by atoms with E-state index in [0.29, 0.717) is 12.0 Å². The average molecular weight is 277 g/mol. The lowest BCUT2D eigenvalue weighted by molar-refractivity contribution is 0.467. The third-order valence-electron chi connectivity index (χ3n) is 3.32. The minimum Gasteiger partial charge on any atom is -0.271 e. The van der Waals surface area contributed by atoms with Crippen LogP contribution in [0.2, 0.25) is 0 Å². The predicted octanol–water partition coefficient (Wildman–Crippen LogP) is 2.05. The van der Waals surface area contributed by atoms with Gasteiger partial charge in [0.1, 0.15) is 18.0 Å². The number of nitrogens with zero attached hydrogens (tertiary/aromatic N) is 3. The number of nitrogens with one attached hydrogen (secondary N) is 1. The van der Waals surface area contributed by atoms with Gasteiger partial charge in [0.25, 0.3) is 0 Å². The third kappa shape index (κ3) is 3.02. The van der Waals surface area contributed by atoms with Crippen LogP contribution in [-0.4, -0.2) is 14.8 Å². The standard InChI is InChI=1S/C14H20FN5/c1-9(2)20-14(17-8-18-20)7-13(19-16)11-5-4-10(3)12(15)6-11/h4-6,8-9,13,19H,7,16H2,1-3H3. The van der Waals surface area contributed by atoms with Gasteiger partial charge in [0.15, 0.2) is 0 Å². The molecule has 1 heterocycles. The van der Waals surface area contributed by atoms with Crippen LogP contribution in [0.3, 0.4) is 0 Å². The molecule has 0 aliphatic carbocycles. The zero-order valence-corrected chi connectivity index (χ0v) is 12.0. The molecule has 0 bridgehead atoms. The molecule has 1 aromatic carbocycles. The van der Waals surface area contributed by atoms with Gasteiger partial charge in [0.2, 0.25) is 0 Å². The van der Waals surface area contributed by atoms with E-state index in [4.69, 9.17) is 5.84 Å². The number of rotatable bonds is 5. The second kappa shape index (κ2) is 6.11. The highest BCUT2D eigenvalue weighted by Crippen LogP contribution is 2.20. The van der Waals surface area contributed by atoms with Gasteiger partial charge in [-0.15, -0.1) is 0 Å². The maximum absolute atomic E-state index is 13.7. The van der Waals surface area contributed by atoms with Crippen LogP contribution in [0.1, 0.15) is 42.9 Å². The van der Waals surface area contributed by atoms with E-state index in [-0.39, 0.29) is 17.9 Å². The highest BCUT2D eigenvalue weighted by Gasteiger charge is 2.16. The number of halogens is 1. The number of hydrogen-bond acceptors (Lipinski definition) is 4. The fourth-order valence-electron chi connectivity index (χ4n) is 2.13. The summed E-state index contributed by atoms with van der Waals surface area (Å²) < 4.78 is 15.5. The molecule has 0 spiro atoms. The van der Waals surface area contributed by atoms with Crippen molar-refractivity contribution in [2.75, 3.05) is 0 Å². The Morgan fingerprint density at radius 3 is 2.75 bits per heavy atom. The molecule has 2 aromatic rings. The molecule has 0 aliphatic heterocycles. The number of nitrogens with two attached hydrogens (primary N) is 1. The first-order chi connectivity index (χ1) is 9.52. The number of aromatic nitrogens is 3. The van der Waals surface area contributed by atoms with Crippen molar-refractivity contribution in [3.05, 3.63) is 47.3 Å². The Hall–Kier alpha value is -1.79. The Labute approximate surface area is 118 Å². The van der Waals surface area contributed by atoms with E-state index in [2.05, 4.69) is 15.5 Å². The molecule has 5 nitrogen and oxygen atoms in total. The summed E-state index contributed by atoms with van der Waals surface area (Å²) in [5.41, 5.74) is 4.14. The summed E-state index contributed by atoms with van der Waals surface area (Å²) in [5, 5.41) is 4.19. The molecule has 20 heavy (non-hydrogen) atoms. The molecule has 1 atom stereocenters. The lowest BCUT2D eigenvalue weighted by Gasteiger charge is -2.18. The van der Waals surface area contributed by atoms with Gasteiger partial charge in [-0.25, -0.2) is 14.1 Å². The molecule has 0 radical (unpaired) electrons. The first-order valence-corrected chi connectivity index (χ1v) is 6.63. The van der Waals surface area contributed by atoms with Gasteiger partial charge in [0.05, 0.1) is 6.04 Å². The summed E-state index contributed by atoms with van der Waals surface area (Å²) in [6, 6.07) is 5.16. The van der Waals surface area contributed by atoms with Crippen LogP contribution in [-0.2, 0) is 6.42 Å². The Morgan fingerprint density at radius 1 is 1.40 bits per heavy atom. The van der Waals surface area contributed by atoms with Crippen LogP contribution in [0.25, 0.3) is 0 Å². The first kappa shape index (κ1) is 14.6. The van der Waals surface area contributed by atoms with Crippen LogP contribution in [0, 0.1) is 12.7 Å². The van der Waals surface area contributed by atoms with Crippen molar-refractivity contribution in [2.45, 2.75) is 39.3 Å². The normalized spacial score (nSPS) is 12.9. The summed E-state index contributed by atoms with van der Waals surface area (Å²) in [6.45, 7) is 5.81. The van der Waals surface area contributed by atoms with E-state index in [1.165, 1.54) is 12.4 Å². The van der Waals surface area contributed by atoms with Crippen LogP contribution in [0.4, 0.5) is 4.39 Å². The molecule has 108 valence electrons. The van der Waals surface area contributed by atoms with Crippen LogP contribution in [0.5, 0.6) is 0 Å². The van der Waals surface area contributed by atoms with E-state index >= 15 is 0 Å². The molecule has 1 aromatic heterocycles. The fraction of sp³-hybridized carbons (Fsp3) is 0.429. The SMILES string of the molecule is Cc1ccc(C(Cc2ncnn2C(C)C)NN)cc1F. The van der Waals surface area contributed by atoms with E-state index in [1.54, 1.807) is 13.0 Å². The highest BCUT2D eigenvalue weighted by atomic mass is 19.1. The molecule has 0 saturated carbocycles. The summed E-state index contributed by atoms with van der Waals surface area (Å²) in [7, 11) is 0. The lowest BCUT2D eigenvalue weighted by Crippen LogP contribution is -2.30. The second-order valence-corrected chi connectivity index (χ2v) is 5.15. The number of hydrogen-bond donors (Lipinski definition) is 2. The molecule has 0 fully saturated rings. The Bertz CT molecular complexity index is 579. The average Bonchev–Trinajstić information content (AvgIpc) is 2.87. The third-order valence-corrected chi connectivity index (χ3v) is 3.32. The first-order valence-electron chi connectivity index (χ1n) is 6.63. The fourth-order valence-corrected chi connectivity index (χ4v) is 2.13. The van der Waals surface area contributed by atoms with Crippen molar-refractivity contribution in [2.24, 2.45) is 5.84 Å². The molecule has 0 saturated heterocycles. The summed E-state index contributed by atoms with van der Waals surface area (Å²) in [4.78, 5) is 4.25. The van der Waals surface area contributed by atoms with Crippen molar-refractivity contribution in [1.29, 1.82) is 0 Å². The quantitative estimate of drug-likeness (QED) is 0.648. The largest absolute Gasteiger partial charge is 0.271 e. The van der Waals surface area contributed by atoms with E-state index in [9.17, 15) is 4.39 Å². The zero-order chi connectivity index (χ0) is 14.7. The molecule has 0 aliphatic rings. The Morgan fingerprint density at radius 2 is 2.15 bits per heavy atom. The monoisotopic (exact) mass is 277 g/mol. The molecular weight excluding hydrogens is 257 g/mol. The topological polar surface area (TPSA) is 68.8 Å². The van der Waals surface area contributed by atoms with Gasteiger partial charge < -0.3 is 0 Å². The number of benzene rings is 1. The van der Waals surface area contributed by atoms with Crippen molar-refractivity contribution in [1.82, 2.24) is 20.2 Å². The van der Waals surface area contributed by atoms with E-state index in [0.717, 1.165) is 11.4 Å². The number of hydrazine groups is 1. The molecule has 2 rings (SSSR count). The summed E-state index contributed by atoms with van der Waals surface area (Å²) >= 11 is 0. The second-order valence-electron chi connectivity index (χ2n) is 5.15. The maximum Gasteiger partial charge on any atom is 0.138 e. The predicted molar refractivity (Wildman–Crippen MR) is 75.3 cm³/mol. The van der Waals surface area contributed by atoms with Crippen LogP contribution < -0.4 is 11.3 Å². The minimum absolute atomic E-state index is 0.202. The van der Waals surface area contributed by atoms with E-state index < -0.39 is 0 Å². The van der Waals surface area contributed by atoms with Crippen molar-refractivity contribution in [3.8, 4) is 0 Å². The van der Waals surface area contributed by atoms with Crippen molar-refractivity contribution < 1.29 is 4.39 Å². The Kier molecular flexibility index (Phi) is 4.46. The minimum atomic E-state index is -0.229. The highest BCUT2D eigenvalue weighted by molar-refractivity contribution is 5.26. The van der Waals surface area contributed by atoms with Gasteiger partial charge >= 0.3 is 0 Å². The Balaban J connectivity index is 2.24. The van der Waals surface area contributed by atoms with Crippen molar-refractivity contribution in [3.63, 3.8) is 0 Å². The maximum atomic E-state index is 13.7. The number of aryl methyl sites for hydroxylation is 1. The summed E-state index contributed by atoms with van der Waals surface area (Å²) in [5.74, 6) is 6.20. The summed E-state index contributed by atoms with van der Waals surface area (Å²) in [6.07, 6.45) is 2.08. The molecule has 6 heteroatoms. The van der Waals surface area contributed by atoms with Gasteiger partial charge in [-0.1, -0.05) is 12.1 Å². The smallest absolute Gasteiger partial charge is 0.138 e. The zero-order valence-electron chi connectivity index (χ0n) is 12.0. The molecule has 1 unspecified atom stereocenters. The van der Waals surface area contributed by atoms with Crippen LogP contribution in [0.15, 0.2) is 24.5 Å². The van der Waals surface area contributed by atoms with Gasteiger partial charge in [0, 0.05) is 12.5 Å². The van der Waals surface area contributed by atoms with Gasteiger partial charge in [-0.2, -0.15) is 5.10 Å². The molecule has 0 amide bonds. The van der Waals surface area contributed by atoms with E-state index in [1.807, 2.05) is 24.6 Å². The van der Waals surface area contributed by atoms with Crippen LogP contribution >= 0.6 is 0 Å². The van der Waals surface area contributed by atoms with Gasteiger partial charge in [-0.05, 0) is 38.0 Å². The van der Waals surface area contributed by atoms with Gasteiger partial charge in [-0.3, -0.25) is 11.3 Å².